The van der Waals surface area contributed by atoms with Gasteiger partial charge in [0.05, 0.1) is 38.4 Å². The van der Waals surface area contributed by atoms with Gasteiger partial charge >= 0.3 is 0 Å². The highest BCUT2D eigenvalue weighted by Crippen LogP contribution is 2.55. The van der Waals surface area contributed by atoms with E-state index in [1.807, 2.05) is 0 Å². The number of rotatable bonds is 5. The molecule has 5 aliphatic rings. The number of piperidine rings is 1. The molecular formula is C23H27ClN6O2S. The maximum Gasteiger partial charge on any atom is 0.227 e. The van der Waals surface area contributed by atoms with E-state index in [0.717, 1.165) is 80.3 Å². The van der Waals surface area contributed by atoms with Crippen LogP contribution in [0, 0.1) is 5.92 Å². The maximum atomic E-state index is 13.4. The number of nitrogens with zero attached hydrogens (tertiary/aromatic N) is 5. The Bertz CT molecular complexity index is 1150. The SMILES string of the molecule is O=[S@@]1c2c(nc(N3CC4CC3CC4c3ncc(Cl)cn3)nc2NC2(CO)CCC2)CC12CC2. The highest BCUT2D eigenvalue weighted by molar-refractivity contribution is 7.87. The van der Waals surface area contributed by atoms with Crippen LogP contribution in [0.5, 0.6) is 0 Å². The van der Waals surface area contributed by atoms with E-state index >= 15 is 0 Å². The second-order valence-corrected chi connectivity index (χ2v) is 12.8. The first kappa shape index (κ1) is 20.5. The van der Waals surface area contributed by atoms with Gasteiger partial charge in [-0.05, 0) is 50.9 Å². The van der Waals surface area contributed by atoms with Crippen molar-refractivity contribution in [3.05, 3.63) is 28.9 Å². The second-order valence-electron chi connectivity index (χ2n) is 10.6. The lowest BCUT2D eigenvalue weighted by atomic mass is 9.77. The van der Waals surface area contributed by atoms with E-state index in [9.17, 15) is 9.32 Å². The first-order chi connectivity index (χ1) is 16.0. The number of aliphatic hydroxyl groups is 1. The minimum absolute atomic E-state index is 0.0655. The lowest BCUT2D eigenvalue weighted by molar-refractivity contribution is 0.143. The molecule has 8 nitrogen and oxygen atoms in total. The maximum absolute atomic E-state index is 13.4. The Morgan fingerprint density at radius 3 is 2.58 bits per heavy atom. The molecule has 4 heterocycles. The first-order valence-corrected chi connectivity index (χ1v) is 13.5. The summed E-state index contributed by atoms with van der Waals surface area (Å²) in [6.45, 7) is 0.939. The van der Waals surface area contributed by atoms with Crippen LogP contribution in [-0.4, -0.2) is 58.7 Å². The summed E-state index contributed by atoms with van der Waals surface area (Å²) >= 11 is 5.97. The van der Waals surface area contributed by atoms with E-state index in [-0.39, 0.29) is 16.9 Å². The molecule has 0 aromatic carbocycles. The Morgan fingerprint density at radius 2 is 1.97 bits per heavy atom. The molecule has 3 aliphatic carbocycles. The number of fused-ring (bicyclic) bond motifs is 3. The number of aromatic nitrogens is 4. The van der Waals surface area contributed by atoms with Crippen molar-refractivity contribution in [3.63, 3.8) is 0 Å². The Balaban J connectivity index is 1.20. The fourth-order valence-corrected chi connectivity index (χ4v) is 8.18. The number of hydrogen-bond donors (Lipinski definition) is 2. The molecule has 2 aliphatic heterocycles. The zero-order valence-corrected chi connectivity index (χ0v) is 19.9. The largest absolute Gasteiger partial charge is 0.394 e. The lowest BCUT2D eigenvalue weighted by Crippen LogP contribution is -2.49. The fourth-order valence-electron chi connectivity index (χ4n) is 6.31. The van der Waals surface area contributed by atoms with Gasteiger partial charge in [-0.15, -0.1) is 0 Å². The number of aliphatic hydroxyl groups excluding tert-OH is 1. The van der Waals surface area contributed by atoms with Gasteiger partial charge in [-0.25, -0.2) is 15.0 Å². The number of halogens is 1. The topological polar surface area (TPSA) is 104 Å². The minimum Gasteiger partial charge on any atom is -0.394 e. The van der Waals surface area contributed by atoms with E-state index in [4.69, 9.17) is 21.6 Å². The Morgan fingerprint density at radius 1 is 1.18 bits per heavy atom. The molecule has 1 spiro atoms. The third-order valence-corrected chi connectivity index (χ3v) is 10.9. The van der Waals surface area contributed by atoms with Crippen LogP contribution < -0.4 is 10.2 Å². The molecule has 2 aromatic heterocycles. The molecule has 2 bridgehead atoms. The molecule has 4 atom stereocenters. The van der Waals surface area contributed by atoms with E-state index in [0.29, 0.717) is 28.7 Å². The van der Waals surface area contributed by atoms with Crippen LogP contribution in [0.2, 0.25) is 5.02 Å². The molecule has 0 radical (unpaired) electrons. The standard InChI is InChI=1S/C23H27ClN6O2S/c24-14-9-25-19(26-10-14)16-7-15-6-13(16)11-30(15)21-27-17-8-23(4-5-23)33(32)18(17)20(28-21)29-22(12-31)2-1-3-22/h9-10,13,15-16,31H,1-8,11-12H2,(H,27,28,29)/t13?,15?,16?,33-/m1/s1. The van der Waals surface area contributed by atoms with Crippen molar-refractivity contribution in [1.82, 2.24) is 19.9 Å². The van der Waals surface area contributed by atoms with Crippen molar-refractivity contribution in [2.45, 2.75) is 78.5 Å². The average Bonchev–Trinajstić information content (AvgIpc) is 3.15. The fraction of sp³-hybridized carbons (Fsp3) is 0.652. The summed E-state index contributed by atoms with van der Waals surface area (Å²) in [5, 5.41) is 14.1. The molecule has 174 valence electrons. The third-order valence-electron chi connectivity index (χ3n) is 8.57. The average molecular weight is 487 g/mol. The normalized spacial score (nSPS) is 32.1. The number of nitrogens with one attached hydrogen (secondary N) is 1. The summed E-state index contributed by atoms with van der Waals surface area (Å²) < 4.78 is 13.2. The molecule has 0 amide bonds. The summed E-state index contributed by atoms with van der Waals surface area (Å²) in [6.07, 6.45) is 11.1. The van der Waals surface area contributed by atoms with Crippen LogP contribution in [0.25, 0.3) is 0 Å². The van der Waals surface area contributed by atoms with Crippen LogP contribution in [0.15, 0.2) is 17.3 Å². The van der Waals surface area contributed by atoms with Gasteiger partial charge in [0, 0.05) is 37.3 Å². The highest BCUT2D eigenvalue weighted by Gasteiger charge is 2.56. The van der Waals surface area contributed by atoms with E-state index in [1.54, 1.807) is 12.4 Å². The first-order valence-electron chi connectivity index (χ1n) is 12.0. The van der Waals surface area contributed by atoms with Gasteiger partial charge in [0.25, 0.3) is 0 Å². The van der Waals surface area contributed by atoms with E-state index in [2.05, 4.69) is 20.2 Å². The Kier molecular flexibility index (Phi) is 4.41. The van der Waals surface area contributed by atoms with Crippen LogP contribution in [-0.2, 0) is 17.2 Å². The van der Waals surface area contributed by atoms with E-state index in [1.165, 1.54) is 0 Å². The van der Waals surface area contributed by atoms with Gasteiger partial charge in [0.15, 0.2) is 0 Å². The predicted molar refractivity (Wildman–Crippen MR) is 125 cm³/mol. The lowest BCUT2D eigenvalue weighted by Gasteiger charge is -2.42. The van der Waals surface area contributed by atoms with Crippen molar-refractivity contribution in [3.8, 4) is 0 Å². The van der Waals surface area contributed by atoms with Crippen molar-refractivity contribution in [2.24, 2.45) is 5.92 Å². The van der Waals surface area contributed by atoms with E-state index < -0.39 is 10.8 Å². The zero-order chi connectivity index (χ0) is 22.4. The second kappa shape index (κ2) is 7.09. The monoisotopic (exact) mass is 486 g/mol. The van der Waals surface area contributed by atoms with Gasteiger partial charge in [-0.2, -0.15) is 4.98 Å². The summed E-state index contributed by atoms with van der Waals surface area (Å²) in [6, 6.07) is 0.350. The summed E-state index contributed by atoms with van der Waals surface area (Å²) in [4.78, 5) is 22.0. The quantitative estimate of drug-likeness (QED) is 0.664. The summed E-state index contributed by atoms with van der Waals surface area (Å²) in [7, 11) is -1.08. The number of anilines is 2. The highest BCUT2D eigenvalue weighted by atomic mass is 35.5. The van der Waals surface area contributed by atoms with Gasteiger partial charge in [-0.1, -0.05) is 11.6 Å². The molecule has 1 saturated heterocycles. The molecule has 4 fully saturated rings. The van der Waals surface area contributed by atoms with Crippen LogP contribution in [0.3, 0.4) is 0 Å². The van der Waals surface area contributed by atoms with Crippen LogP contribution in [0.1, 0.15) is 62.4 Å². The van der Waals surface area contributed by atoms with Crippen molar-refractivity contribution < 1.29 is 9.32 Å². The third kappa shape index (κ3) is 3.08. The molecule has 10 heteroatoms. The molecule has 3 unspecified atom stereocenters. The van der Waals surface area contributed by atoms with Gasteiger partial charge in [-0.3, -0.25) is 4.21 Å². The Labute approximate surface area is 200 Å². The predicted octanol–water partition coefficient (Wildman–Crippen LogP) is 2.83. The van der Waals surface area contributed by atoms with Crippen molar-refractivity contribution in [1.29, 1.82) is 0 Å². The smallest absolute Gasteiger partial charge is 0.227 e. The molecule has 2 N–H and O–H groups in total. The number of hydrogen-bond acceptors (Lipinski definition) is 8. The van der Waals surface area contributed by atoms with Crippen molar-refractivity contribution >= 4 is 34.2 Å². The molecule has 3 saturated carbocycles. The summed E-state index contributed by atoms with van der Waals surface area (Å²) in [5.41, 5.74) is 0.593. The molecular weight excluding hydrogens is 460 g/mol. The summed E-state index contributed by atoms with van der Waals surface area (Å²) in [5.74, 6) is 3.10. The Hall–Kier alpha value is -1.84. The van der Waals surface area contributed by atoms with Gasteiger partial charge in [0.2, 0.25) is 5.95 Å². The molecule has 33 heavy (non-hydrogen) atoms. The van der Waals surface area contributed by atoms with Crippen LogP contribution in [0.4, 0.5) is 11.8 Å². The molecule has 2 aromatic rings. The van der Waals surface area contributed by atoms with Gasteiger partial charge < -0.3 is 15.3 Å². The van der Waals surface area contributed by atoms with Crippen molar-refractivity contribution in [2.75, 3.05) is 23.4 Å². The van der Waals surface area contributed by atoms with Crippen LogP contribution >= 0.6 is 11.6 Å². The minimum atomic E-state index is -1.08. The van der Waals surface area contributed by atoms with Gasteiger partial charge in [0.1, 0.15) is 16.5 Å². The molecule has 7 rings (SSSR count). The zero-order valence-electron chi connectivity index (χ0n) is 18.3.